The number of hydrogen-bond acceptors (Lipinski definition) is 6. The lowest BCUT2D eigenvalue weighted by Crippen LogP contribution is -2.38. The van der Waals surface area contributed by atoms with Gasteiger partial charge in [0.2, 0.25) is 11.8 Å². The van der Waals surface area contributed by atoms with Crippen molar-refractivity contribution in [3.05, 3.63) is 59.2 Å². The maximum atomic E-state index is 12.9. The van der Waals surface area contributed by atoms with Gasteiger partial charge in [-0.05, 0) is 41.3 Å². The minimum absolute atomic E-state index is 0.0514. The molecule has 0 aliphatic carbocycles. The van der Waals surface area contributed by atoms with Crippen LogP contribution in [0.5, 0.6) is 5.75 Å². The SMILES string of the molecule is O=C(O)COc1cccc(C(CN2CC[C@H](O)C2)NC(=O)Cc2ccc3c(c2)NC(=O)C3)c1. The third-order valence-electron chi connectivity index (χ3n) is 5.81. The van der Waals surface area contributed by atoms with Crippen LogP contribution >= 0.6 is 0 Å². The van der Waals surface area contributed by atoms with E-state index >= 15 is 0 Å². The van der Waals surface area contributed by atoms with Gasteiger partial charge in [0.05, 0.1) is 25.0 Å². The Labute approximate surface area is 191 Å². The van der Waals surface area contributed by atoms with Gasteiger partial charge >= 0.3 is 5.97 Å². The topological polar surface area (TPSA) is 128 Å². The molecular formula is C24H27N3O6. The minimum atomic E-state index is -1.07. The number of nitrogens with one attached hydrogen (secondary N) is 2. The Bertz CT molecular complexity index is 1060. The summed E-state index contributed by atoms with van der Waals surface area (Å²) in [5, 5.41) is 24.6. The highest BCUT2D eigenvalue weighted by Gasteiger charge is 2.25. The van der Waals surface area contributed by atoms with Gasteiger partial charge < -0.3 is 25.6 Å². The normalized spacial score (nSPS) is 18.5. The van der Waals surface area contributed by atoms with E-state index in [1.165, 1.54) is 0 Å². The molecule has 2 aliphatic rings. The second-order valence-corrected chi connectivity index (χ2v) is 8.47. The molecule has 1 fully saturated rings. The fourth-order valence-electron chi connectivity index (χ4n) is 4.24. The summed E-state index contributed by atoms with van der Waals surface area (Å²) in [5.74, 6) is -0.892. The smallest absolute Gasteiger partial charge is 0.341 e. The highest BCUT2D eigenvalue weighted by Crippen LogP contribution is 2.25. The number of aliphatic hydroxyl groups is 1. The van der Waals surface area contributed by atoms with E-state index in [0.29, 0.717) is 31.7 Å². The van der Waals surface area contributed by atoms with Gasteiger partial charge in [-0.25, -0.2) is 4.79 Å². The number of aliphatic carboxylic acids is 1. The van der Waals surface area contributed by atoms with Crippen molar-refractivity contribution in [1.29, 1.82) is 0 Å². The Kier molecular flexibility index (Phi) is 6.90. The first-order chi connectivity index (χ1) is 15.9. The van der Waals surface area contributed by atoms with E-state index in [-0.39, 0.29) is 30.4 Å². The molecule has 2 aromatic carbocycles. The lowest BCUT2D eigenvalue weighted by atomic mass is 10.0. The number of aliphatic hydroxyl groups excluding tert-OH is 1. The zero-order valence-electron chi connectivity index (χ0n) is 18.1. The molecule has 2 atom stereocenters. The largest absolute Gasteiger partial charge is 0.482 e. The molecule has 0 aromatic heterocycles. The average Bonchev–Trinajstić information content (AvgIpc) is 3.35. The molecule has 33 heavy (non-hydrogen) atoms. The maximum Gasteiger partial charge on any atom is 0.341 e. The van der Waals surface area contributed by atoms with Crippen molar-refractivity contribution >= 4 is 23.5 Å². The average molecular weight is 453 g/mol. The second-order valence-electron chi connectivity index (χ2n) is 8.47. The van der Waals surface area contributed by atoms with Crippen molar-refractivity contribution < 1.29 is 29.3 Å². The fraction of sp³-hybridized carbons (Fsp3) is 0.375. The van der Waals surface area contributed by atoms with Crippen LogP contribution in [0.25, 0.3) is 0 Å². The first kappa shape index (κ1) is 22.8. The van der Waals surface area contributed by atoms with Crippen molar-refractivity contribution in [2.24, 2.45) is 0 Å². The van der Waals surface area contributed by atoms with E-state index in [1.54, 1.807) is 18.2 Å². The molecule has 4 rings (SSSR count). The van der Waals surface area contributed by atoms with Gasteiger partial charge in [0.1, 0.15) is 5.75 Å². The number of amides is 2. The van der Waals surface area contributed by atoms with Crippen LogP contribution < -0.4 is 15.4 Å². The third-order valence-corrected chi connectivity index (χ3v) is 5.81. The second kappa shape index (κ2) is 10.0. The highest BCUT2D eigenvalue weighted by atomic mass is 16.5. The summed E-state index contributed by atoms with van der Waals surface area (Å²) < 4.78 is 5.30. The number of carbonyl (C=O) groups excluding carboxylic acids is 2. The molecule has 9 nitrogen and oxygen atoms in total. The van der Waals surface area contributed by atoms with Crippen molar-refractivity contribution in [1.82, 2.24) is 10.2 Å². The predicted octanol–water partition coefficient (Wildman–Crippen LogP) is 1.11. The standard InChI is InChI=1S/C24H27N3O6/c28-18-6-7-27(12-18)13-21(16-2-1-3-19(10-16)33-14-24(31)32)26-22(29)9-15-4-5-17-11-23(30)25-20(17)8-15/h1-5,8,10,18,21,28H,6-7,9,11-14H2,(H,25,30)(H,26,29)(H,31,32)/t18-,21?/m0/s1. The van der Waals surface area contributed by atoms with Gasteiger partial charge in [0, 0.05) is 25.3 Å². The van der Waals surface area contributed by atoms with Gasteiger partial charge in [0.25, 0.3) is 0 Å². The highest BCUT2D eigenvalue weighted by molar-refractivity contribution is 5.99. The molecule has 4 N–H and O–H groups in total. The number of anilines is 1. The van der Waals surface area contributed by atoms with Gasteiger partial charge in [-0.15, -0.1) is 0 Å². The van der Waals surface area contributed by atoms with Crippen LogP contribution in [0.2, 0.25) is 0 Å². The van der Waals surface area contributed by atoms with Crippen LogP contribution in [-0.2, 0) is 27.2 Å². The lowest BCUT2D eigenvalue weighted by molar-refractivity contribution is -0.139. The van der Waals surface area contributed by atoms with Gasteiger partial charge in [-0.1, -0.05) is 24.3 Å². The van der Waals surface area contributed by atoms with Crippen LogP contribution in [0.1, 0.15) is 29.2 Å². The maximum absolute atomic E-state index is 12.9. The molecule has 0 bridgehead atoms. The van der Waals surface area contributed by atoms with Crippen LogP contribution in [0.15, 0.2) is 42.5 Å². The summed E-state index contributed by atoms with van der Waals surface area (Å²) in [6, 6.07) is 12.2. The zero-order valence-corrected chi connectivity index (χ0v) is 18.1. The molecule has 2 heterocycles. The van der Waals surface area contributed by atoms with Crippen molar-refractivity contribution in [3.63, 3.8) is 0 Å². The van der Waals surface area contributed by atoms with Gasteiger partial charge in [0.15, 0.2) is 6.61 Å². The Morgan fingerprint density at radius 3 is 2.85 bits per heavy atom. The molecule has 9 heteroatoms. The van der Waals surface area contributed by atoms with Crippen LogP contribution in [0.3, 0.4) is 0 Å². The quantitative estimate of drug-likeness (QED) is 0.448. The summed E-state index contributed by atoms with van der Waals surface area (Å²) in [6.07, 6.45) is 0.806. The molecule has 2 amide bonds. The number of benzene rings is 2. The van der Waals surface area contributed by atoms with Crippen LogP contribution in [0.4, 0.5) is 5.69 Å². The van der Waals surface area contributed by atoms with E-state index in [4.69, 9.17) is 9.84 Å². The number of carbonyl (C=O) groups is 3. The van der Waals surface area contributed by atoms with E-state index in [2.05, 4.69) is 15.5 Å². The summed E-state index contributed by atoms with van der Waals surface area (Å²) >= 11 is 0. The molecule has 0 spiro atoms. The first-order valence-corrected chi connectivity index (χ1v) is 10.9. The Hall–Kier alpha value is -3.43. The van der Waals surface area contributed by atoms with E-state index in [1.807, 2.05) is 24.3 Å². The summed E-state index contributed by atoms with van der Waals surface area (Å²) in [6.45, 7) is 1.32. The molecule has 2 aromatic rings. The number of likely N-dealkylation sites (tertiary alicyclic amines) is 1. The van der Waals surface area contributed by atoms with E-state index in [0.717, 1.165) is 28.9 Å². The molecule has 0 saturated carbocycles. The zero-order chi connectivity index (χ0) is 23.4. The number of ether oxygens (including phenoxy) is 1. The lowest BCUT2D eigenvalue weighted by Gasteiger charge is -2.25. The van der Waals surface area contributed by atoms with E-state index in [9.17, 15) is 19.5 Å². The summed E-state index contributed by atoms with van der Waals surface area (Å²) in [7, 11) is 0. The van der Waals surface area contributed by atoms with Gasteiger partial charge in [-0.3, -0.25) is 14.5 Å². The third kappa shape index (κ3) is 6.09. The van der Waals surface area contributed by atoms with Crippen molar-refractivity contribution in [3.8, 4) is 5.75 Å². The van der Waals surface area contributed by atoms with Gasteiger partial charge in [-0.2, -0.15) is 0 Å². The number of carboxylic acid groups (broad SMARTS) is 1. The molecule has 2 aliphatic heterocycles. The molecule has 1 unspecified atom stereocenters. The predicted molar refractivity (Wildman–Crippen MR) is 120 cm³/mol. The fourth-order valence-corrected chi connectivity index (χ4v) is 4.24. The molecule has 1 saturated heterocycles. The minimum Gasteiger partial charge on any atom is -0.482 e. The Balaban J connectivity index is 1.47. The van der Waals surface area contributed by atoms with Crippen LogP contribution in [-0.4, -0.2) is 65.2 Å². The monoisotopic (exact) mass is 453 g/mol. The molecule has 0 radical (unpaired) electrons. The number of nitrogens with zero attached hydrogens (tertiary/aromatic N) is 1. The number of carboxylic acids is 1. The summed E-state index contributed by atoms with van der Waals surface area (Å²) in [4.78, 5) is 37.4. The van der Waals surface area contributed by atoms with Crippen molar-refractivity contribution in [2.75, 3.05) is 31.6 Å². The Morgan fingerprint density at radius 1 is 1.24 bits per heavy atom. The number of fused-ring (bicyclic) bond motifs is 1. The van der Waals surface area contributed by atoms with Crippen molar-refractivity contribution in [2.45, 2.75) is 31.4 Å². The van der Waals surface area contributed by atoms with Crippen LogP contribution in [0, 0.1) is 0 Å². The first-order valence-electron chi connectivity index (χ1n) is 10.9. The van der Waals surface area contributed by atoms with E-state index < -0.39 is 12.6 Å². The number of rotatable bonds is 9. The molecule has 174 valence electrons. The number of hydrogen-bond donors (Lipinski definition) is 4. The number of β-amino-alcohol motifs (C(OH)–C–C–N with tert-alkyl or cyclic N) is 1. The molecular weight excluding hydrogens is 426 g/mol. The Morgan fingerprint density at radius 2 is 2.09 bits per heavy atom. The summed E-state index contributed by atoms with van der Waals surface area (Å²) in [5.41, 5.74) is 3.25.